The van der Waals surface area contributed by atoms with Gasteiger partial charge in [-0.15, -0.1) is 6.58 Å². The molecule has 1 aromatic rings. The normalized spacial score (nSPS) is 17.2. The van der Waals surface area contributed by atoms with E-state index in [9.17, 15) is 8.78 Å². The fourth-order valence-electron chi connectivity index (χ4n) is 3.11. The van der Waals surface area contributed by atoms with Crippen molar-refractivity contribution >= 4 is 0 Å². The lowest BCUT2D eigenvalue weighted by Gasteiger charge is -2.36. The standard InChI is InChI=1S/C18H26F2N2O/c1-2-3-4-5-9-16(22-13-11-21-12-14-22)15-8-6-7-10-17(15)23-18(19)20/h2,6-8,10,16,18,21H,1,3-5,9,11-14H2/t16-/m0/s1. The van der Waals surface area contributed by atoms with Crippen LogP contribution in [-0.4, -0.2) is 37.7 Å². The molecule has 1 aliphatic heterocycles. The van der Waals surface area contributed by atoms with Gasteiger partial charge in [-0.3, -0.25) is 4.90 Å². The van der Waals surface area contributed by atoms with Gasteiger partial charge in [0.2, 0.25) is 0 Å². The largest absolute Gasteiger partial charge is 0.434 e. The first-order chi connectivity index (χ1) is 11.2. The SMILES string of the molecule is C=CCCCC[C@@H](c1ccccc1OC(F)F)N1CCNCC1. The Morgan fingerprint density at radius 3 is 2.65 bits per heavy atom. The molecule has 0 saturated carbocycles. The van der Waals surface area contributed by atoms with Gasteiger partial charge < -0.3 is 10.1 Å². The van der Waals surface area contributed by atoms with Crippen LogP contribution in [0, 0.1) is 0 Å². The summed E-state index contributed by atoms with van der Waals surface area (Å²) in [4.78, 5) is 2.37. The Bertz CT molecular complexity index is 476. The number of alkyl halides is 2. The minimum Gasteiger partial charge on any atom is -0.434 e. The number of nitrogens with one attached hydrogen (secondary N) is 1. The number of piperazine rings is 1. The molecule has 0 aromatic heterocycles. The van der Waals surface area contributed by atoms with Crippen molar-refractivity contribution in [2.75, 3.05) is 26.2 Å². The first kappa shape index (κ1) is 17.9. The summed E-state index contributed by atoms with van der Waals surface area (Å²) in [7, 11) is 0. The van der Waals surface area contributed by atoms with Gasteiger partial charge in [0.05, 0.1) is 0 Å². The minimum atomic E-state index is -2.79. The summed E-state index contributed by atoms with van der Waals surface area (Å²) in [6.07, 6.45) is 5.97. The Hall–Kier alpha value is -1.46. The fourth-order valence-corrected chi connectivity index (χ4v) is 3.11. The Morgan fingerprint density at radius 2 is 1.96 bits per heavy atom. The zero-order chi connectivity index (χ0) is 16.5. The predicted octanol–water partition coefficient (Wildman–Crippen LogP) is 3.98. The summed E-state index contributed by atoms with van der Waals surface area (Å²) < 4.78 is 30.2. The Kier molecular flexibility index (Phi) is 7.49. The van der Waals surface area contributed by atoms with Crippen LogP contribution in [0.2, 0.25) is 0 Å². The number of hydrogen-bond acceptors (Lipinski definition) is 3. The summed E-state index contributed by atoms with van der Waals surface area (Å²) in [5.41, 5.74) is 0.869. The van der Waals surface area contributed by atoms with Gasteiger partial charge in [0.15, 0.2) is 0 Å². The van der Waals surface area contributed by atoms with E-state index in [-0.39, 0.29) is 6.04 Å². The summed E-state index contributed by atoms with van der Waals surface area (Å²) in [5, 5.41) is 3.34. The van der Waals surface area contributed by atoms with E-state index in [0.717, 1.165) is 57.4 Å². The summed E-state index contributed by atoms with van der Waals surface area (Å²) in [6.45, 7) is 4.67. The number of benzene rings is 1. The maximum Gasteiger partial charge on any atom is 0.387 e. The zero-order valence-electron chi connectivity index (χ0n) is 13.5. The Morgan fingerprint density at radius 1 is 1.22 bits per heavy atom. The maximum atomic E-state index is 12.7. The van der Waals surface area contributed by atoms with E-state index < -0.39 is 6.61 Å². The lowest BCUT2D eigenvalue weighted by Crippen LogP contribution is -2.45. The Labute approximate surface area is 137 Å². The molecule has 1 saturated heterocycles. The molecule has 1 aliphatic rings. The third-order valence-corrected chi connectivity index (χ3v) is 4.22. The predicted molar refractivity (Wildman–Crippen MR) is 88.9 cm³/mol. The molecule has 0 amide bonds. The molecule has 2 rings (SSSR count). The second-order valence-corrected chi connectivity index (χ2v) is 5.79. The van der Waals surface area contributed by atoms with Crippen LogP contribution in [0.5, 0.6) is 5.75 Å². The molecule has 1 fully saturated rings. The van der Waals surface area contributed by atoms with Crippen molar-refractivity contribution in [2.45, 2.75) is 38.3 Å². The van der Waals surface area contributed by atoms with E-state index in [1.54, 1.807) is 12.1 Å². The molecule has 23 heavy (non-hydrogen) atoms. The summed E-state index contributed by atoms with van der Waals surface area (Å²) in [5.74, 6) is 0.301. The van der Waals surface area contributed by atoms with Crippen molar-refractivity contribution in [3.05, 3.63) is 42.5 Å². The third-order valence-electron chi connectivity index (χ3n) is 4.22. The van der Waals surface area contributed by atoms with Gasteiger partial charge in [-0.1, -0.05) is 30.7 Å². The number of allylic oxidation sites excluding steroid dienone is 1. The number of ether oxygens (including phenoxy) is 1. The van der Waals surface area contributed by atoms with Crippen LogP contribution >= 0.6 is 0 Å². The van der Waals surface area contributed by atoms with E-state index in [0.29, 0.717) is 5.75 Å². The average Bonchev–Trinajstić information content (AvgIpc) is 2.56. The molecule has 0 spiro atoms. The quantitative estimate of drug-likeness (QED) is 0.549. The van der Waals surface area contributed by atoms with Gasteiger partial charge in [0, 0.05) is 37.8 Å². The molecule has 0 radical (unpaired) electrons. The number of rotatable bonds is 9. The van der Waals surface area contributed by atoms with Crippen LogP contribution in [0.15, 0.2) is 36.9 Å². The van der Waals surface area contributed by atoms with Crippen molar-refractivity contribution < 1.29 is 13.5 Å². The minimum absolute atomic E-state index is 0.122. The molecule has 5 heteroatoms. The zero-order valence-corrected chi connectivity index (χ0v) is 13.5. The molecule has 1 N–H and O–H groups in total. The highest BCUT2D eigenvalue weighted by Gasteiger charge is 2.25. The molecule has 0 bridgehead atoms. The van der Waals surface area contributed by atoms with Crippen LogP contribution in [0.4, 0.5) is 8.78 Å². The van der Waals surface area contributed by atoms with Gasteiger partial charge in [-0.2, -0.15) is 8.78 Å². The Balaban J connectivity index is 2.15. The van der Waals surface area contributed by atoms with Crippen LogP contribution in [0.1, 0.15) is 37.3 Å². The summed E-state index contributed by atoms with van der Waals surface area (Å²) >= 11 is 0. The molecular formula is C18H26F2N2O. The van der Waals surface area contributed by atoms with Crippen molar-refractivity contribution in [3.63, 3.8) is 0 Å². The third kappa shape index (κ3) is 5.59. The van der Waals surface area contributed by atoms with E-state index in [1.165, 1.54) is 0 Å². The maximum absolute atomic E-state index is 12.7. The second-order valence-electron chi connectivity index (χ2n) is 5.79. The van der Waals surface area contributed by atoms with E-state index in [2.05, 4.69) is 16.8 Å². The highest BCUT2D eigenvalue weighted by atomic mass is 19.3. The smallest absolute Gasteiger partial charge is 0.387 e. The summed E-state index contributed by atoms with van der Waals surface area (Å²) in [6, 6.07) is 7.32. The number of unbranched alkanes of at least 4 members (excludes halogenated alkanes) is 2. The molecule has 128 valence electrons. The number of hydrogen-bond donors (Lipinski definition) is 1. The van der Waals surface area contributed by atoms with Gasteiger partial charge in [0.25, 0.3) is 0 Å². The van der Waals surface area contributed by atoms with Crippen molar-refractivity contribution in [2.24, 2.45) is 0 Å². The van der Waals surface area contributed by atoms with Gasteiger partial charge in [-0.25, -0.2) is 0 Å². The van der Waals surface area contributed by atoms with E-state index >= 15 is 0 Å². The van der Waals surface area contributed by atoms with Crippen LogP contribution in [0.25, 0.3) is 0 Å². The molecule has 1 aromatic carbocycles. The molecule has 0 unspecified atom stereocenters. The van der Waals surface area contributed by atoms with Crippen LogP contribution in [-0.2, 0) is 0 Å². The van der Waals surface area contributed by atoms with Crippen molar-refractivity contribution in [1.29, 1.82) is 0 Å². The molecule has 1 heterocycles. The fraction of sp³-hybridized carbons (Fsp3) is 0.556. The molecule has 1 atom stereocenters. The lowest BCUT2D eigenvalue weighted by molar-refractivity contribution is -0.0513. The first-order valence-corrected chi connectivity index (χ1v) is 8.31. The van der Waals surface area contributed by atoms with E-state index in [4.69, 9.17) is 4.74 Å². The lowest BCUT2D eigenvalue weighted by atomic mass is 9.97. The number of para-hydroxylation sites is 1. The average molecular weight is 324 g/mol. The van der Waals surface area contributed by atoms with Crippen LogP contribution < -0.4 is 10.1 Å². The molecule has 3 nitrogen and oxygen atoms in total. The van der Waals surface area contributed by atoms with Gasteiger partial charge in [-0.05, 0) is 25.3 Å². The monoisotopic (exact) mass is 324 g/mol. The topological polar surface area (TPSA) is 24.5 Å². The number of halogens is 2. The van der Waals surface area contributed by atoms with E-state index in [1.807, 2.05) is 18.2 Å². The second kappa shape index (κ2) is 9.63. The van der Waals surface area contributed by atoms with Gasteiger partial charge in [0.1, 0.15) is 5.75 Å². The molecule has 0 aliphatic carbocycles. The molecular weight excluding hydrogens is 298 g/mol. The van der Waals surface area contributed by atoms with Gasteiger partial charge >= 0.3 is 6.61 Å². The first-order valence-electron chi connectivity index (χ1n) is 8.31. The highest BCUT2D eigenvalue weighted by Crippen LogP contribution is 2.34. The number of nitrogens with zero attached hydrogens (tertiary/aromatic N) is 1. The highest BCUT2D eigenvalue weighted by molar-refractivity contribution is 5.36. The van der Waals surface area contributed by atoms with Crippen LogP contribution in [0.3, 0.4) is 0 Å². The van der Waals surface area contributed by atoms with Crippen molar-refractivity contribution in [3.8, 4) is 5.75 Å². The van der Waals surface area contributed by atoms with Crippen molar-refractivity contribution in [1.82, 2.24) is 10.2 Å².